The summed E-state index contributed by atoms with van der Waals surface area (Å²) in [6.45, 7) is 6.63. The van der Waals surface area contributed by atoms with Crippen molar-refractivity contribution >= 4 is 57.8 Å². The number of nitrogens with one attached hydrogen (secondary N) is 1. The minimum Gasteiger partial charge on any atom is -0.490 e. The van der Waals surface area contributed by atoms with Crippen LogP contribution >= 0.6 is 35.0 Å². The molecule has 1 heterocycles. The third kappa shape index (κ3) is 5.26. The average molecular weight is 451 g/mol. The second-order valence-electron chi connectivity index (χ2n) is 6.11. The molecule has 0 bridgehead atoms. The number of amides is 1. The molecule has 1 N–H and O–H groups in total. The van der Waals surface area contributed by atoms with Crippen molar-refractivity contribution in [3.63, 3.8) is 0 Å². The van der Waals surface area contributed by atoms with E-state index >= 15 is 0 Å². The normalized spacial score (nSPS) is 16.4. The van der Waals surface area contributed by atoms with E-state index in [9.17, 15) is 4.79 Å². The molecule has 0 atom stereocenters. The van der Waals surface area contributed by atoms with Crippen LogP contribution in [-0.4, -0.2) is 24.3 Å². The van der Waals surface area contributed by atoms with Crippen molar-refractivity contribution in [3.8, 4) is 11.5 Å². The zero-order valence-electron chi connectivity index (χ0n) is 16.2. The number of rotatable bonds is 6. The van der Waals surface area contributed by atoms with Crippen LogP contribution < -0.4 is 14.8 Å². The lowest BCUT2D eigenvalue weighted by Gasteiger charge is -2.13. The standard InChI is InChI=1S/C21H20Cl2N2O3S/c1-4-27-17-9-13(8-16(23)19(17)28-5-2)10-18-20(26)25-21(29-18)24-14-7-6-12(3)15(22)11-14/h6-11H,4-5H2,1-3H3,(H,24,25,26). The van der Waals surface area contributed by atoms with Gasteiger partial charge < -0.3 is 14.8 Å². The van der Waals surface area contributed by atoms with Crippen molar-refractivity contribution < 1.29 is 14.3 Å². The highest BCUT2D eigenvalue weighted by atomic mass is 35.5. The van der Waals surface area contributed by atoms with Crippen LogP contribution in [0.2, 0.25) is 10.0 Å². The minimum atomic E-state index is -0.227. The van der Waals surface area contributed by atoms with Crippen molar-refractivity contribution in [3.05, 3.63) is 56.4 Å². The Bertz CT molecular complexity index is 1010. The fraction of sp³-hybridized carbons (Fsp3) is 0.238. The minimum absolute atomic E-state index is 0.227. The molecule has 8 heteroatoms. The Morgan fingerprint density at radius 3 is 2.55 bits per heavy atom. The zero-order chi connectivity index (χ0) is 21.0. The van der Waals surface area contributed by atoms with E-state index in [1.54, 1.807) is 24.3 Å². The first kappa shape index (κ1) is 21.6. The van der Waals surface area contributed by atoms with E-state index in [2.05, 4.69) is 10.3 Å². The van der Waals surface area contributed by atoms with Gasteiger partial charge in [-0.25, -0.2) is 4.99 Å². The number of ether oxygens (including phenoxy) is 2. The number of aliphatic imine (C=N–C) groups is 1. The summed E-state index contributed by atoms with van der Waals surface area (Å²) in [6, 6.07) is 9.04. The molecular weight excluding hydrogens is 431 g/mol. The first-order valence-corrected chi connectivity index (χ1v) is 10.6. The first-order chi connectivity index (χ1) is 13.9. The summed E-state index contributed by atoms with van der Waals surface area (Å²) in [6.07, 6.45) is 1.74. The Morgan fingerprint density at radius 1 is 1.10 bits per heavy atom. The molecular formula is C21H20Cl2N2O3S. The number of thioether (sulfide) groups is 1. The quantitative estimate of drug-likeness (QED) is 0.548. The van der Waals surface area contributed by atoms with E-state index in [1.165, 1.54) is 11.8 Å². The fourth-order valence-corrected chi connectivity index (χ4v) is 3.91. The van der Waals surface area contributed by atoms with Gasteiger partial charge in [0.1, 0.15) is 0 Å². The Morgan fingerprint density at radius 2 is 1.86 bits per heavy atom. The van der Waals surface area contributed by atoms with Crippen molar-refractivity contribution in [1.29, 1.82) is 0 Å². The SMILES string of the molecule is CCOc1cc(C=C2SC(=Nc3ccc(C)c(Cl)c3)NC2=O)cc(Cl)c1OCC. The van der Waals surface area contributed by atoms with Crippen molar-refractivity contribution in [2.75, 3.05) is 13.2 Å². The Labute approximate surface area is 184 Å². The maximum atomic E-state index is 12.4. The number of benzene rings is 2. The summed E-state index contributed by atoms with van der Waals surface area (Å²) in [5, 5.41) is 4.31. The van der Waals surface area contributed by atoms with E-state index in [1.807, 2.05) is 32.9 Å². The number of hydrogen-bond donors (Lipinski definition) is 1. The molecule has 2 aromatic rings. The maximum Gasteiger partial charge on any atom is 0.264 e. The third-order valence-electron chi connectivity index (χ3n) is 3.96. The smallest absolute Gasteiger partial charge is 0.264 e. The first-order valence-electron chi connectivity index (χ1n) is 9.06. The Hall–Kier alpha value is -2.15. The number of carbonyl (C=O) groups excluding carboxylic acids is 1. The third-order valence-corrected chi connectivity index (χ3v) is 5.55. The number of aryl methyl sites for hydroxylation is 1. The summed E-state index contributed by atoms with van der Waals surface area (Å²) < 4.78 is 11.2. The lowest BCUT2D eigenvalue weighted by atomic mass is 10.2. The van der Waals surface area contributed by atoms with Crippen LogP contribution in [0, 0.1) is 6.92 Å². The van der Waals surface area contributed by atoms with Gasteiger partial charge >= 0.3 is 0 Å². The molecule has 29 heavy (non-hydrogen) atoms. The number of carbonyl (C=O) groups is 1. The number of nitrogens with zero attached hydrogens (tertiary/aromatic N) is 1. The highest BCUT2D eigenvalue weighted by Crippen LogP contribution is 2.38. The van der Waals surface area contributed by atoms with Crippen LogP contribution in [0.5, 0.6) is 11.5 Å². The van der Waals surface area contributed by atoms with E-state index in [0.29, 0.717) is 50.5 Å². The van der Waals surface area contributed by atoms with Crippen molar-refractivity contribution in [1.82, 2.24) is 5.32 Å². The summed E-state index contributed by atoms with van der Waals surface area (Å²) >= 11 is 13.8. The van der Waals surface area contributed by atoms with Crippen molar-refractivity contribution in [2.24, 2.45) is 4.99 Å². The molecule has 0 aromatic heterocycles. The monoisotopic (exact) mass is 450 g/mol. The topological polar surface area (TPSA) is 59.9 Å². The van der Waals surface area contributed by atoms with Crippen LogP contribution in [-0.2, 0) is 4.79 Å². The molecule has 3 rings (SSSR count). The summed E-state index contributed by atoms with van der Waals surface area (Å²) in [5.41, 5.74) is 2.38. The molecule has 2 aromatic carbocycles. The molecule has 0 saturated carbocycles. The van der Waals surface area contributed by atoms with Crippen LogP contribution in [0.15, 0.2) is 40.2 Å². The van der Waals surface area contributed by atoms with E-state index in [4.69, 9.17) is 32.7 Å². The molecule has 0 unspecified atom stereocenters. The van der Waals surface area contributed by atoms with Gasteiger partial charge in [-0.2, -0.15) is 0 Å². The molecule has 0 radical (unpaired) electrons. The number of halogens is 2. The van der Waals surface area contributed by atoms with Crippen molar-refractivity contribution in [2.45, 2.75) is 20.8 Å². The second kappa shape index (κ2) is 9.57. The molecule has 1 aliphatic rings. The van der Waals surface area contributed by atoms with Crippen LogP contribution in [0.1, 0.15) is 25.0 Å². The molecule has 1 fully saturated rings. The van der Waals surface area contributed by atoms with Gasteiger partial charge in [-0.05, 0) is 74.0 Å². The Kier molecular flexibility index (Phi) is 7.11. The maximum absolute atomic E-state index is 12.4. The molecule has 152 valence electrons. The number of amidine groups is 1. The largest absolute Gasteiger partial charge is 0.490 e. The Balaban J connectivity index is 1.88. The van der Waals surface area contributed by atoms with Crippen LogP contribution in [0.3, 0.4) is 0 Å². The van der Waals surface area contributed by atoms with Crippen LogP contribution in [0.4, 0.5) is 5.69 Å². The van der Waals surface area contributed by atoms with Crippen LogP contribution in [0.25, 0.3) is 6.08 Å². The van der Waals surface area contributed by atoms with Gasteiger partial charge in [-0.3, -0.25) is 4.79 Å². The molecule has 1 aliphatic heterocycles. The van der Waals surface area contributed by atoms with Gasteiger partial charge in [0.2, 0.25) is 0 Å². The summed E-state index contributed by atoms with van der Waals surface area (Å²) in [4.78, 5) is 17.3. The molecule has 1 amide bonds. The predicted octanol–water partition coefficient (Wildman–Crippen LogP) is 5.99. The van der Waals surface area contributed by atoms with Gasteiger partial charge in [-0.1, -0.05) is 29.3 Å². The van der Waals surface area contributed by atoms with Gasteiger partial charge in [0.15, 0.2) is 16.7 Å². The lowest BCUT2D eigenvalue weighted by Crippen LogP contribution is -2.19. The van der Waals surface area contributed by atoms with E-state index in [0.717, 1.165) is 11.1 Å². The predicted molar refractivity (Wildman–Crippen MR) is 121 cm³/mol. The highest BCUT2D eigenvalue weighted by molar-refractivity contribution is 8.18. The van der Waals surface area contributed by atoms with E-state index in [-0.39, 0.29) is 5.91 Å². The lowest BCUT2D eigenvalue weighted by molar-refractivity contribution is -0.115. The molecule has 0 aliphatic carbocycles. The number of hydrogen-bond acceptors (Lipinski definition) is 5. The second-order valence-corrected chi connectivity index (χ2v) is 7.96. The summed E-state index contributed by atoms with van der Waals surface area (Å²) in [7, 11) is 0. The fourth-order valence-electron chi connectivity index (χ4n) is 2.62. The zero-order valence-corrected chi connectivity index (χ0v) is 18.5. The summed E-state index contributed by atoms with van der Waals surface area (Å²) in [5.74, 6) is 0.815. The molecule has 0 spiro atoms. The van der Waals surface area contributed by atoms with Gasteiger partial charge in [0.25, 0.3) is 5.91 Å². The molecule has 5 nitrogen and oxygen atoms in total. The van der Waals surface area contributed by atoms with Gasteiger partial charge in [-0.15, -0.1) is 0 Å². The molecule has 1 saturated heterocycles. The van der Waals surface area contributed by atoms with Gasteiger partial charge in [0.05, 0.1) is 28.8 Å². The highest BCUT2D eigenvalue weighted by Gasteiger charge is 2.24. The van der Waals surface area contributed by atoms with E-state index < -0.39 is 0 Å². The van der Waals surface area contributed by atoms with Gasteiger partial charge in [0, 0.05) is 5.02 Å². The average Bonchev–Trinajstić information content (AvgIpc) is 3.00.